The van der Waals surface area contributed by atoms with Crippen LogP contribution in [0, 0.1) is 6.92 Å². The van der Waals surface area contributed by atoms with Crippen LogP contribution in [0.3, 0.4) is 0 Å². The third-order valence-electron chi connectivity index (χ3n) is 3.88. The summed E-state index contributed by atoms with van der Waals surface area (Å²) in [6.45, 7) is 2.60. The fraction of sp³-hybridized carbons (Fsp3) is 0.143. The number of hydrogen-bond donors (Lipinski definition) is 2. The van der Waals surface area contributed by atoms with Crippen molar-refractivity contribution in [3.8, 4) is 0 Å². The van der Waals surface area contributed by atoms with E-state index in [2.05, 4.69) is 41.8 Å². The third-order valence-corrected chi connectivity index (χ3v) is 5.58. The highest BCUT2D eigenvalue weighted by atomic mass is 32.2. The molecule has 0 aliphatic heterocycles. The van der Waals surface area contributed by atoms with E-state index < -0.39 is 0 Å². The zero-order chi connectivity index (χ0) is 19.1. The van der Waals surface area contributed by atoms with Crippen molar-refractivity contribution in [1.29, 1.82) is 0 Å². The topological polar surface area (TPSA) is 58.2 Å². The Hall–Kier alpha value is -2.57. The van der Waals surface area contributed by atoms with Gasteiger partial charge in [-0.25, -0.2) is 0 Å². The lowest BCUT2D eigenvalue weighted by atomic mass is 10.1. The van der Waals surface area contributed by atoms with Crippen molar-refractivity contribution >= 4 is 40.6 Å². The molecule has 2 aromatic carbocycles. The number of aryl methyl sites for hydroxylation is 1. The minimum atomic E-state index is -0.216. The molecule has 0 unspecified atom stereocenters. The van der Waals surface area contributed by atoms with E-state index in [1.54, 1.807) is 47.5 Å². The van der Waals surface area contributed by atoms with Crippen molar-refractivity contribution in [3.05, 3.63) is 82.0 Å². The Bertz CT molecular complexity index is 906. The number of nitrogens with one attached hydrogen (secondary N) is 2. The Morgan fingerprint density at radius 2 is 1.78 bits per heavy atom. The Balaban J connectivity index is 1.55. The number of thioether (sulfide) groups is 1. The largest absolute Gasteiger partial charge is 0.351 e. The highest BCUT2D eigenvalue weighted by Crippen LogP contribution is 2.19. The summed E-state index contributed by atoms with van der Waals surface area (Å²) in [5.41, 5.74) is 2.79. The predicted octanol–water partition coefficient (Wildman–Crippen LogP) is 4.83. The van der Waals surface area contributed by atoms with Gasteiger partial charge in [0.2, 0.25) is 0 Å². The van der Waals surface area contributed by atoms with Crippen molar-refractivity contribution in [2.24, 2.45) is 0 Å². The quantitative estimate of drug-likeness (QED) is 0.444. The highest BCUT2D eigenvalue weighted by Gasteiger charge is 2.14. The molecule has 0 saturated heterocycles. The smallest absolute Gasteiger partial charge is 0.256 e. The molecular weight excluding hydrogens is 376 g/mol. The van der Waals surface area contributed by atoms with Crippen molar-refractivity contribution in [2.45, 2.75) is 11.8 Å². The molecule has 0 aliphatic carbocycles. The molecule has 0 spiro atoms. The number of anilines is 1. The number of carbonyl (C=O) groups excluding carboxylic acids is 2. The first kappa shape index (κ1) is 19.2. The maximum atomic E-state index is 12.5. The van der Waals surface area contributed by atoms with Gasteiger partial charge in [-0.05, 0) is 42.6 Å². The molecule has 2 amide bonds. The van der Waals surface area contributed by atoms with Crippen molar-refractivity contribution < 1.29 is 9.59 Å². The van der Waals surface area contributed by atoms with Gasteiger partial charge in [0, 0.05) is 22.6 Å². The molecule has 0 radical (unpaired) electrons. The number of hydrogen-bond acceptors (Lipinski definition) is 4. The lowest BCUT2D eigenvalue weighted by Crippen LogP contribution is -2.27. The molecule has 1 heterocycles. The standard InChI is InChI=1S/C21H20N2O2S2/c1-15-6-8-17(9-7-15)27-13-11-22-21(25)18-4-2-3-5-19(18)23-20(24)16-10-12-26-14-16/h2-10,12,14H,11,13H2,1H3,(H,22,25)(H,23,24). The summed E-state index contributed by atoms with van der Waals surface area (Å²) in [4.78, 5) is 26.0. The molecule has 0 fully saturated rings. The lowest BCUT2D eigenvalue weighted by Gasteiger charge is -2.11. The molecule has 6 heteroatoms. The third kappa shape index (κ3) is 5.45. The maximum absolute atomic E-state index is 12.5. The number of para-hydroxylation sites is 1. The van der Waals surface area contributed by atoms with Crippen LogP contribution in [0.1, 0.15) is 26.3 Å². The second-order valence-corrected chi connectivity index (χ2v) is 7.88. The molecule has 3 rings (SSSR count). The van der Waals surface area contributed by atoms with Crippen LogP contribution in [0.2, 0.25) is 0 Å². The van der Waals surface area contributed by atoms with Gasteiger partial charge in [-0.1, -0.05) is 29.8 Å². The van der Waals surface area contributed by atoms with E-state index in [-0.39, 0.29) is 11.8 Å². The first-order valence-corrected chi connectivity index (χ1v) is 10.5. The molecule has 138 valence electrons. The monoisotopic (exact) mass is 396 g/mol. The van der Waals surface area contributed by atoms with Gasteiger partial charge in [0.05, 0.1) is 16.8 Å². The first-order valence-electron chi connectivity index (χ1n) is 8.54. The summed E-state index contributed by atoms with van der Waals surface area (Å²) in [6.07, 6.45) is 0. The van der Waals surface area contributed by atoms with Crippen molar-refractivity contribution in [3.63, 3.8) is 0 Å². The molecule has 0 atom stereocenters. The van der Waals surface area contributed by atoms with Crippen molar-refractivity contribution in [2.75, 3.05) is 17.6 Å². The predicted molar refractivity (Wildman–Crippen MR) is 113 cm³/mol. The van der Waals surface area contributed by atoms with Crippen LogP contribution >= 0.6 is 23.1 Å². The minimum absolute atomic E-state index is 0.194. The van der Waals surface area contributed by atoms with Gasteiger partial charge < -0.3 is 10.6 Å². The SMILES string of the molecule is Cc1ccc(SCCNC(=O)c2ccccc2NC(=O)c2ccsc2)cc1. The summed E-state index contributed by atoms with van der Waals surface area (Å²) < 4.78 is 0. The summed E-state index contributed by atoms with van der Waals surface area (Å²) in [7, 11) is 0. The van der Waals surface area contributed by atoms with Gasteiger partial charge in [0.25, 0.3) is 11.8 Å². The molecule has 0 aliphatic rings. The average Bonchev–Trinajstić information content (AvgIpc) is 3.22. The summed E-state index contributed by atoms with van der Waals surface area (Å²) in [5, 5.41) is 9.36. The zero-order valence-electron chi connectivity index (χ0n) is 14.9. The number of rotatable bonds is 7. The average molecular weight is 397 g/mol. The lowest BCUT2D eigenvalue weighted by molar-refractivity contribution is 0.0957. The van der Waals surface area contributed by atoms with E-state index in [1.807, 2.05) is 5.38 Å². The molecule has 1 aromatic heterocycles. The van der Waals surface area contributed by atoms with Crippen LogP contribution in [-0.4, -0.2) is 24.1 Å². The Kier molecular flexibility index (Phi) is 6.68. The molecule has 27 heavy (non-hydrogen) atoms. The van der Waals surface area contributed by atoms with Gasteiger partial charge >= 0.3 is 0 Å². The first-order chi connectivity index (χ1) is 13.1. The molecular formula is C21H20N2O2S2. The van der Waals surface area contributed by atoms with Crippen LogP contribution in [0.15, 0.2) is 70.3 Å². The molecule has 4 nitrogen and oxygen atoms in total. The van der Waals surface area contributed by atoms with Gasteiger partial charge in [-0.2, -0.15) is 11.3 Å². The van der Waals surface area contributed by atoms with E-state index in [0.717, 1.165) is 5.75 Å². The molecule has 0 saturated carbocycles. The van der Waals surface area contributed by atoms with E-state index in [0.29, 0.717) is 23.4 Å². The van der Waals surface area contributed by atoms with Crippen molar-refractivity contribution in [1.82, 2.24) is 5.32 Å². The second-order valence-electron chi connectivity index (χ2n) is 5.93. The van der Waals surface area contributed by atoms with Gasteiger partial charge in [-0.3, -0.25) is 9.59 Å². The Labute approximate surface area is 167 Å². The molecule has 2 N–H and O–H groups in total. The normalized spacial score (nSPS) is 10.4. The fourth-order valence-corrected chi connectivity index (χ4v) is 3.85. The van der Waals surface area contributed by atoms with Gasteiger partial charge in [0.15, 0.2) is 0 Å². The number of carbonyl (C=O) groups is 2. The number of thiophene rings is 1. The van der Waals surface area contributed by atoms with Gasteiger partial charge in [-0.15, -0.1) is 11.8 Å². The number of amides is 2. The van der Waals surface area contributed by atoms with Crippen LogP contribution in [0.4, 0.5) is 5.69 Å². The highest BCUT2D eigenvalue weighted by molar-refractivity contribution is 7.99. The summed E-state index contributed by atoms with van der Waals surface area (Å²) in [6, 6.07) is 17.1. The zero-order valence-corrected chi connectivity index (χ0v) is 16.5. The Morgan fingerprint density at radius 1 is 1.00 bits per heavy atom. The fourth-order valence-electron chi connectivity index (χ4n) is 2.44. The van der Waals surface area contributed by atoms with E-state index in [1.165, 1.54) is 21.8 Å². The van der Waals surface area contributed by atoms with Crippen LogP contribution < -0.4 is 10.6 Å². The second kappa shape index (κ2) is 9.39. The van der Waals surface area contributed by atoms with Crippen LogP contribution in [-0.2, 0) is 0 Å². The van der Waals surface area contributed by atoms with Crippen LogP contribution in [0.5, 0.6) is 0 Å². The molecule has 3 aromatic rings. The van der Waals surface area contributed by atoms with Gasteiger partial charge in [0.1, 0.15) is 0 Å². The summed E-state index contributed by atoms with van der Waals surface area (Å²) in [5.74, 6) is 0.366. The van der Waals surface area contributed by atoms with E-state index in [4.69, 9.17) is 0 Å². The summed E-state index contributed by atoms with van der Waals surface area (Å²) >= 11 is 3.16. The maximum Gasteiger partial charge on any atom is 0.256 e. The number of benzene rings is 2. The Morgan fingerprint density at radius 3 is 2.52 bits per heavy atom. The van der Waals surface area contributed by atoms with E-state index in [9.17, 15) is 9.59 Å². The van der Waals surface area contributed by atoms with Crippen LogP contribution in [0.25, 0.3) is 0 Å². The molecule has 0 bridgehead atoms. The minimum Gasteiger partial charge on any atom is -0.351 e. The van der Waals surface area contributed by atoms with E-state index >= 15 is 0 Å².